The Bertz CT molecular complexity index is 225. The van der Waals surface area contributed by atoms with Gasteiger partial charge in [-0.25, -0.2) is 0 Å². The van der Waals surface area contributed by atoms with Crippen molar-refractivity contribution in [1.29, 1.82) is 0 Å². The molecule has 2 nitrogen and oxygen atoms in total. The van der Waals surface area contributed by atoms with E-state index in [4.69, 9.17) is 4.74 Å². The molecule has 0 aliphatic rings. The highest BCUT2D eigenvalue weighted by molar-refractivity contribution is 4.85. The maximum absolute atomic E-state index is 5.70. The van der Waals surface area contributed by atoms with Crippen LogP contribution in [0.25, 0.3) is 0 Å². The lowest BCUT2D eigenvalue weighted by molar-refractivity contribution is 0.150. The number of hydrogen-bond donors (Lipinski definition) is 0. The molecule has 0 rings (SSSR count). The third kappa shape index (κ3) is 13.9. The molecule has 0 saturated carbocycles. The summed E-state index contributed by atoms with van der Waals surface area (Å²) in [7, 11) is 4.08. The summed E-state index contributed by atoms with van der Waals surface area (Å²) in [6.45, 7) is 10.2. The molecule has 0 aliphatic heterocycles. The second kappa shape index (κ2) is 13.5. The van der Waals surface area contributed by atoms with Crippen LogP contribution in [0.5, 0.6) is 0 Å². The van der Waals surface area contributed by atoms with E-state index in [1.807, 2.05) is 14.1 Å². The van der Waals surface area contributed by atoms with Crippen LogP contribution in [0, 0.1) is 5.92 Å². The molecular formula is C18H37NO. The molecule has 0 fully saturated rings. The summed E-state index contributed by atoms with van der Waals surface area (Å²) in [4.78, 5) is 2.09. The van der Waals surface area contributed by atoms with Crippen molar-refractivity contribution in [3.63, 3.8) is 0 Å². The number of nitrogens with zero attached hydrogens (tertiary/aromatic N) is 1. The summed E-state index contributed by atoms with van der Waals surface area (Å²) >= 11 is 0. The van der Waals surface area contributed by atoms with Gasteiger partial charge in [-0.05, 0) is 26.4 Å². The van der Waals surface area contributed by atoms with Crippen LogP contribution >= 0.6 is 0 Å². The van der Waals surface area contributed by atoms with Crippen molar-refractivity contribution < 1.29 is 4.74 Å². The largest absolute Gasteiger partial charge is 0.497 e. The smallest absolute Gasteiger partial charge is 0.103 e. The van der Waals surface area contributed by atoms with E-state index in [1.54, 1.807) is 0 Å². The molecule has 0 heterocycles. The Morgan fingerprint density at radius 1 is 1.00 bits per heavy atom. The maximum Gasteiger partial charge on any atom is 0.103 e. The molecule has 0 aliphatic carbocycles. The first kappa shape index (κ1) is 19.5. The van der Waals surface area contributed by atoms with Crippen LogP contribution in [0.4, 0.5) is 0 Å². The van der Waals surface area contributed by atoms with Gasteiger partial charge in [-0.3, -0.25) is 0 Å². The Hall–Kier alpha value is -0.500. The number of hydrogen-bond acceptors (Lipinski definition) is 2. The molecule has 2 heteroatoms. The first-order chi connectivity index (χ1) is 9.56. The van der Waals surface area contributed by atoms with Gasteiger partial charge in [0.25, 0.3) is 0 Å². The lowest BCUT2D eigenvalue weighted by atomic mass is 10.0. The molecule has 0 amide bonds. The minimum atomic E-state index is 0.647. The van der Waals surface area contributed by atoms with Crippen LogP contribution in [0.2, 0.25) is 0 Å². The number of unbranched alkanes of at least 4 members (excludes halogenated alkanes) is 7. The highest BCUT2D eigenvalue weighted by atomic mass is 16.5. The molecule has 0 N–H and O–H groups in total. The third-order valence-electron chi connectivity index (χ3n) is 3.62. The Labute approximate surface area is 127 Å². The third-order valence-corrected chi connectivity index (χ3v) is 3.62. The van der Waals surface area contributed by atoms with Crippen molar-refractivity contribution in [2.24, 2.45) is 5.92 Å². The van der Waals surface area contributed by atoms with Gasteiger partial charge in [0.2, 0.25) is 0 Å². The zero-order chi connectivity index (χ0) is 15.2. The molecule has 120 valence electrons. The van der Waals surface area contributed by atoms with Crippen LogP contribution in [0.1, 0.15) is 71.6 Å². The average Bonchev–Trinajstić information content (AvgIpc) is 2.38. The average molecular weight is 283 g/mol. The Morgan fingerprint density at radius 3 is 2.10 bits per heavy atom. The fourth-order valence-electron chi connectivity index (χ4n) is 2.37. The van der Waals surface area contributed by atoms with Crippen LogP contribution in [0.15, 0.2) is 12.3 Å². The predicted molar refractivity (Wildman–Crippen MR) is 90.0 cm³/mol. The quantitative estimate of drug-likeness (QED) is 0.319. The highest BCUT2D eigenvalue weighted by Gasteiger charge is 2.04. The second-order valence-electron chi connectivity index (χ2n) is 6.46. The fourth-order valence-corrected chi connectivity index (χ4v) is 2.37. The van der Waals surface area contributed by atoms with Crippen LogP contribution in [0.3, 0.4) is 0 Å². The van der Waals surface area contributed by atoms with Gasteiger partial charge in [0.05, 0.1) is 13.2 Å². The fraction of sp³-hybridized carbons (Fsp3) is 0.889. The molecule has 20 heavy (non-hydrogen) atoms. The van der Waals surface area contributed by atoms with Crippen molar-refractivity contribution in [2.75, 3.05) is 27.2 Å². The Morgan fingerprint density at radius 2 is 1.55 bits per heavy atom. The standard InChI is InChI=1S/C18H37NO/c1-6-7-8-9-10-11-12-13-14-17(2)16-20-18(3)15-19(4)5/h17H,3,6-16H2,1-2,4-5H3. The molecular weight excluding hydrogens is 246 g/mol. The number of likely N-dealkylation sites (N-methyl/N-ethyl adjacent to an activating group) is 1. The summed E-state index contributed by atoms with van der Waals surface area (Å²) in [5.74, 6) is 1.53. The van der Waals surface area contributed by atoms with Gasteiger partial charge >= 0.3 is 0 Å². The van der Waals surface area contributed by atoms with Crippen molar-refractivity contribution in [1.82, 2.24) is 4.90 Å². The van der Waals surface area contributed by atoms with Crippen molar-refractivity contribution >= 4 is 0 Å². The summed E-state index contributed by atoms with van der Waals surface area (Å²) in [6, 6.07) is 0. The maximum atomic E-state index is 5.70. The van der Waals surface area contributed by atoms with Crippen molar-refractivity contribution in [3.8, 4) is 0 Å². The van der Waals surface area contributed by atoms with E-state index in [2.05, 4.69) is 25.3 Å². The summed E-state index contributed by atoms with van der Waals surface area (Å²) in [5.41, 5.74) is 0. The SMILES string of the molecule is C=C(CN(C)C)OCC(C)CCCCCCCCCC. The lowest BCUT2D eigenvalue weighted by Crippen LogP contribution is -2.17. The van der Waals surface area contributed by atoms with E-state index in [9.17, 15) is 0 Å². The van der Waals surface area contributed by atoms with Crippen molar-refractivity contribution in [3.05, 3.63) is 12.3 Å². The van der Waals surface area contributed by atoms with Crippen LogP contribution in [-0.4, -0.2) is 32.1 Å². The van der Waals surface area contributed by atoms with Crippen LogP contribution < -0.4 is 0 Å². The van der Waals surface area contributed by atoms with Crippen LogP contribution in [-0.2, 0) is 4.74 Å². The number of ether oxygens (including phenoxy) is 1. The van der Waals surface area contributed by atoms with E-state index in [0.717, 1.165) is 18.9 Å². The van der Waals surface area contributed by atoms with E-state index in [1.165, 1.54) is 57.8 Å². The molecule has 1 atom stereocenters. The van der Waals surface area contributed by atoms with Gasteiger partial charge in [-0.1, -0.05) is 71.8 Å². The molecule has 0 saturated heterocycles. The lowest BCUT2D eigenvalue weighted by Gasteiger charge is -2.17. The van der Waals surface area contributed by atoms with Gasteiger partial charge < -0.3 is 9.64 Å². The molecule has 0 radical (unpaired) electrons. The van der Waals surface area contributed by atoms with Gasteiger partial charge in [0, 0.05) is 0 Å². The van der Waals surface area contributed by atoms with E-state index < -0.39 is 0 Å². The first-order valence-electron chi connectivity index (χ1n) is 8.51. The van der Waals surface area contributed by atoms with Gasteiger partial charge in [0.15, 0.2) is 0 Å². The van der Waals surface area contributed by atoms with E-state index >= 15 is 0 Å². The molecule has 0 bridgehead atoms. The normalized spacial score (nSPS) is 12.7. The molecule has 0 aromatic carbocycles. The Kier molecular flexibility index (Phi) is 13.1. The molecule has 0 aromatic rings. The van der Waals surface area contributed by atoms with E-state index in [0.29, 0.717) is 5.92 Å². The molecule has 1 unspecified atom stereocenters. The minimum absolute atomic E-state index is 0.647. The highest BCUT2D eigenvalue weighted by Crippen LogP contribution is 2.14. The zero-order valence-corrected chi connectivity index (χ0v) is 14.4. The second-order valence-corrected chi connectivity index (χ2v) is 6.46. The van der Waals surface area contributed by atoms with Crippen molar-refractivity contribution in [2.45, 2.75) is 71.6 Å². The molecule has 0 spiro atoms. The topological polar surface area (TPSA) is 12.5 Å². The Balaban J connectivity index is 3.32. The monoisotopic (exact) mass is 283 g/mol. The number of rotatable bonds is 14. The summed E-state index contributed by atoms with van der Waals surface area (Å²) < 4.78 is 5.70. The van der Waals surface area contributed by atoms with Gasteiger partial charge in [-0.2, -0.15) is 0 Å². The predicted octanol–water partition coefficient (Wildman–Crippen LogP) is 5.25. The molecule has 0 aromatic heterocycles. The van der Waals surface area contributed by atoms with Gasteiger partial charge in [-0.15, -0.1) is 0 Å². The summed E-state index contributed by atoms with van der Waals surface area (Å²) in [5, 5.41) is 0. The van der Waals surface area contributed by atoms with Gasteiger partial charge in [0.1, 0.15) is 5.76 Å². The summed E-state index contributed by atoms with van der Waals surface area (Å²) in [6.07, 6.45) is 12.4. The first-order valence-corrected chi connectivity index (χ1v) is 8.51. The zero-order valence-electron chi connectivity index (χ0n) is 14.4. The minimum Gasteiger partial charge on any atom is -0.497 e. The van der Waals surface area contributed by atoms with E-state index in [-0.39, 0.29) is 0 Å².